The van der Waals surface area contributed by atoms with Gasteiger partial charge < -0.3 is 5.32 Å². The number of carbonyl (C=O) groups excluding carboxylic acids is 1. The normalized spacial score (nSPS) is 15.1. The summed E-state index contributed by atoms with van der Waals surface area (Å²) in [5, 5.41) is 11.8. The molecule has 2 aromatic carbocycles. The first-order valence-corrected chi connectivity index (χ1v) is 12.2. The van der Waals surface area contributed by atoms with Crippen LogP contribution in [0.3, 0.4) is 0 Å². The van der Waals surface area contributed by atoms with Crippen LogP contribution in [-0.4, -0.2) is 44.9 Å². The van der Waals surface area contributed by atoms with Gasteiger partial charge in [0.2, 0.25) is 0 Å². The molecule has 0 aliphatic carbocycles. The fourth-order valence-electron chi connectivity index (χ4n) is 4.24. The second-order valence-corrected chi connectivity index (χ2v) is 9.25. The first-order chi connectivity index (χ1) is 15.6. The van der Waals surface area contributed by atoms with E-state index in [1.165, 1.54) is 5.56 Å². The second-order valence-electron chi connectivity index (χ2n) is 8.39. The van der Waals surface area contributed by atoms with Crippen LogP contribution in [0.4, 0.5) is 0 Å². The van der Waals surface area contributed by atoms with Gasteiger partial charge in [-0.05, 0) is 36.5 Å². The Hall–Kier alpha value is -2.51. The van der Waals surface area contributed by atoms with E-state index in [-0.39, 0.29) is 11.9 Å². The van der Waals surface area contributed by atoms with Crippen molar-refractivity contribution in [3.63, 3.8) is 0 Å². The van der Waals surface area contributed by atoms with Gasteiger partial charge in [-0.2, -0.15) is 0 Å². The average molecular weight is 496 g/mol. The van der Waals surface area contributed by atoms with Gasteiger partial charge in [0.05, 0.1) is 12.2 Å². The monoisotopic (exact) mass is 495 g/mol. The number of piperidine rings is 1. The van der Waals surface area contributed by atoms with Crippen molar-refractivity contribution in [3.05, 3.63) is 81.6 Å². The van der Waals surface area contributed by atoms with Crippen molar-refractivity contribution >= 4 is 21.8 Å². The van der Waals surface area contributed by atoms with Gasteiger partial charge in [0.15, 0.2) is 5.69 Å². The molecule has 1 aliphatic rings. The molecule has 2 heterocycles. The molecule has 3 aromatic rings. The number of nitrogens with one attached hydrogen (secondary N) is 1. The highest BCUT2D eigenvalue weighted by atomic mass is 79.9. The van der Waals surface area contributed by atoms with Crippen LogP contribution < -0.4 is 5.32 Å². The van der Waals surface area contributed by atoms with Crippen LogP contribution in [0.2, 0.25) is 0 Å². The number of benzene rings is 2. The Balaban J connectivity index is 1.37. The minimum Gasteiger partial charge on any atom is -0.348 e. The van der Waals surface area contributed by atoms with E-state index in [4.69, 9.17) is 0 Å². The summed E-state index contributed by atoms with van der Waals surface area (Å²) in [7, 11) is 0. The Kier molecular flexibility index (Phi) is 7.71. The average Bonchev–Trinajstić information content (AvgIpc) is 3.20. The van der Waals surface area contributed by atoms with Crippen LogP contribution in [0.5, 0.6) is 0 Å². The van der Waals surface area contributed by atoms with E-state index in [2.05, 4.69) is 73.7 Å². The summed E-state index contributed by atoms with van der Waals surface area (Å²) in [6.45, 7) is 5.63. The van der Waals surface area contributed by atoms with E-state index in [0.29, 0.717) is 12.2 Å². The standard InChI is InChI=1S/C25H30BrN5O/c1-2-8-23-24(28-29-31(23)18-20-11-6-7-12-22(20)26)25(32)27-21-13-15-30(16-14-21)17-19-9-4-3-5-10-19/h3-7,9-12,21H,2,8,13-18H2,1H3,(H,27,32). The Bertz CT molecular complexity index is 1030. The Morgan fingerprint density at radius 3 is 2.50 bits per heavy atom. The molecule has 0 spiro atoms. The summed E-state index contributed by atoms with van der Waals surface area (Å²) in [6.07, 6.45) is 3.61. The number of likely N-dealkylation sites (tertiary alicyclic amines) is 1. The maximum absolute atomic E-state index is 13.1. The highest BCUT2D eigenvalue weighted by molar-refractivity contribution is 9.10. The number of carbonyl (C=O) groups is 1. The van der Waals surface area contributed by atoms with Gasteiger partial charge in [-0.15, -0.1) is 5.10 Å². The smallest absolute Gasteiger partial charge is 0.273 e. The van der Waals surface area contributed by atoms with Crippen molar-refractivity contribution < 1.29 is 4.79 Å². The third kappa shape index (κ3) is 5.64. The van der Waals surface area contributed by atoms with Gasteiger partial charge in [0.25, 0.3) is 5.91 Å². The highest BCUT2D eigenvalue weighted by Crippen LogP contribution is 2.19. The Labute approximate surface area is 198 Å². The van der Waals surface area contributed by atoms with E-state index in [1.807, 2.05) is 28.9 Å². The minimum absolute atomic E-state index is 0.103. The summed E-state index contributed by atoms with van der Waals surface area (Å²) in [4.78, 5) is 15.5. The SMILES string of the molecule is CCCc1c(C(=O)NC2CCN(Cc3ccccc3)CC2)nnn1Cc1ccccc1Br. The second kappa shape index (κ2) is 10.9. The number of nitrogens with zero attached hydrogens (tertiary/aromatic N) is 4. The van der Waals surface area contributed by atoms with Crippen molar-refractivity contribution in [2.24, 2.45) is 0 Å². The predicted octanol–water partition coefficient (Wildman–Crippen LogP) is 4.44. The molecule has 7 heteroatoms. The molecule has 0 saturated carbocycles. The molecule has 0 bridgehead atoms. The molecular weight excluding hydrogens is 466 g/mol. The third-order valence-corrected chi connectivity index (χ3v) is 6.76. The van der Waals surface area contributed by atoms with Gasteiger partial charge in [-0.1, -0.05) is 83.0 Å². The number of halogens is 1. The molecule has 6 nitrogen and oxygen atoms in total. The predicted molar refractivity (Wildman–Crippen MR) is 129 cm³/mol. The van der Waals surface area contributed by atoms with E-state index in [0.717, 1.165) is 61.0 Å². The maximum atomic E-state index is 13.1. The molecule has 1 fully saturated rings. The first kappa shape index (κ1) is 22.7. The first-order valence-electron chi connectivity index (χ1n) is 11.4. The molecule has 4 rings (SSSR count). The lowest BCUT2D eigenvalue weighted by Gasteiger charge is -2.32. The van der Waals surface area contributed by atoms with Gasteiger partial charge >= 0.3 is 0 Å². The van der Waals surface area contributed by atoms with E-state index >= 15 is 0 Å². The zero-order valence-corrected chi connectivity index (χ0v) is 20.1. The van der Waals surface area contributed by atoms with E-state index in [1.54, 1.807) is 0 Å². The fraction of sp³-hybridized carbons (Fsp3) is 0.400. The lowest BCUT2D eigenvalue weighted by Crippen LogP contribution is -2.44. The molecular formula is C25H30BrN5O. The Morgan fingerprint density at radius 1 is 1.06 bits per heavy atom. The molecule has 0 atom stereocenters. The highest BCUT2D eigenvalue weighted by Gasteiger charge is 2.25. The van der Waals surface area contributed by atoms with Crippen LogP contribution in [0.25, 0.3) is 0 Å². The van der Waals surface area contributed by atoms with Crippen molar-refractivity contribution in [3.8, 4) is 0 Å². The van der Waals surface area contributed by atoms with Crippen LogP contribution in [-0.2, 0) is 19.5 Å². The molecule has 32 heavy (non-hydrogen) atoms. The van der Waals surface area contributed by atoms with Crippen molar-refractivity contribution in [2.75, 3.05) is 13.1 Å². The molecule has 0 unspecified atom stereocenters. The summed E-state index contributed by atoms with van der Waals surface area (Å²) < 4.78 is 2.90. The van der Waals surface area contributed by atoms with Crippen LogP contribution in [0.1, 0.15) is 53.5 Å². The molecule has 168 valence electrons. The Morgan fingerprint density at radius 2 is 1.78 bits per heavy atom. The van der Waals surface area contributed by atoms with Crippen molar-refractivity contribution in [1.82, 2.24) is 25.2 Å². The van der Waals surface area contributed by atoms with Gasteiger partial charge in [-0.3, -0.25) is 9.69 Å². The number of hydrogen-bond acceptors (Lipinski definition) is 4. The van der Waals surface area contributed by atoms with Crippen molar-refractivity contribution in [2.45, 2.75) is 51.7 Å². The number of rotatable bonds is 8. The summed E-state index contributed by atoms with van der Waals surface area (Å²) >= 11 is 3.60. The lowest BCUT2D eigenvalue weighted by molar-refractivity contribution is 0.0902. The lowest BCUT2D eigenvalue weighted by atomic mass is 10.0. The third-order valence-electron chi connectivity index (χ3n) is 5.99. The number of hydrogen-bond donors (Lipinski definition) is 1. The zero-order chi connectivity index (χ0) is 22.3. The summed E-state index contributed by atoms with van der Waals surface area (Å²) in [6, 6.07) is 18.8. The minimum atomic E-state index is -0.103. The van der Waals surface area contributed by atoms with E-state index < -0.39 is 0 Å². The molecule has 0 radical (unpaired) electrons. The molecule has 1 saturated heterocycles. The summed E-state index contributed by atoms with van der Waals surface area (Å²) in [5.41, 5.74) is 3.82. The number of amides is 1. The zero-order valence-electron chi connectivity index (χ0n) is 18.5. The van der Waals surface area contributed by atoms with Gasteiger partial charge in [0, 0.05) is 30.1 Å². The topological polar surface area (TPSA) is 63.1 Å². The van der Waals surface area contributed by atoms with Crippen LogP contribution in [0, 0.1) is 0 Å². The van der Waals surface area contributed by atoms with Crippen LogP contribution in [0.15, 0.2) is 59.1 Å². The largest absolute Gasteiger partial charge is 0.348 e. The van der Waals surface area contributed by atoms with Crippen LogP contribution >= 0.6 is 15.9 Å². The van der Waals surface area contributed by atoms with Gasteiger partial charge in [-0.25, -0.2) is 4.68 Å². The molecule has 1 amide bonds. The molecule has 1 aliphatic heterocycles. The molecule has 1 aromatic heterocycles. The summed E-state index contributed by atoms with van der Waals surface area (Å²) in [5.74, 6) is -0.103. The van der Waals surface area contributed by atoms with E-state index in [9.17, 15) is 4.79 Å². The maximum Gasteiger partial charge on any atom is 0.273 e. The molecule has 1 N–H and O–H groups in total. The van der Waals surface area contributed by atoms with Crippen molar-refractivity contribution in [1.29, 1.82) is 0 Å². The fourth-order valence-corrected chi connectivity index (χ4v) is 4.65. The number of aromatic nitrogens is 3. The van der Waals surface area contributed by atoms with Gasteiger partial charge in [0.1, 0.15) is 0 Å². The quantitative estimate of drug-likeness (QED) is 0.501.